The minimum absolute atomic E-state index is 0.0705. The van der Waals surface area contributed by atoms with E-state index in [1.54, 1.807) is 19.1 Å². The molecule has 2 rings (SSSR count). The second-order valence-corrected chi connectivity index (χ2v) is 7.15. The number of nitrogens with zero attached hydrogens (tertiary/aromatic N) is 1. The first-order valence-electron chi connectivity index (χ1n) is 8.72. The first-order chi connectivity index (χ1) is 13.2. The highest BCUT2D eigenvalue weighted by Gasteiger charge is 2.33. The Balaban J connectivity index is 2.08. The lowest BCUT2D eigenvalue weighted by Crippen LogP contribution is -2.39. The number of benzene rings is 2. The summed E-state index contributed by atoms with van der Waals surface area (Å²) in [5, 5.41) is 18.2. The van der Waals surface area contributed by atoms with E-state index in [2.05, 4.69) is 15.8 Å². The summed E-state index contributed by atoms with van der Waals surface area (Å²) in [7, 11) is 0. The molecule has 2 aromatic rings. The Morgan fingerprint density at radius 2 is 1.86 bits per heavy atom. The molecule has 0 spiro atoms. The number of aryl methyl sites for hydroxylation is 1. The minimum Gasteiger partial charge on any atom is -0.478 e. The van der Waals surface area contributed by atoms with Gasteiger partial charge in [0, 0.05) is 6.54 Å². The van der Waals surface area contributed by atoms with Gasteiger partial charge in [-0.15, -0.1) is 5.10 Å². The summed E-state index contributed by atoms with van der Waals surface area (Å²) in [5.74, 6) is -0.0705. The highest BCUT2D eigenvalue weighted by molar-refractivity contribution is 6.42. The van der Waals surface area contributed by atoms with E-state index in [9.17, 15) is 9.90 Å². The van der Waals surface area contributed by atoms with Crippen LogP contribution in [0.3, 0.4) is 0 Å². The molecule has 1 unspecified atom stereocenters. The summed E-state index contributed by atoms with van der Waals surface area (Å²) in [5.41, 5.74) is 3.25. The molecule has 2 amide bonds. The number of aliphatic hydroxyl groups is 1. The zero-order valence-corrected chi connectivity index (χ0v) is 17.4. The van der Waals surface area contributed by atoms with Crippen molar-refractivity contribution < 1.29 is 14.6 Å². The Morgan fingerprint density at radius 3 is 2.46 bits per heavy atom. The number of hydrogen-bond donors (Lipinski definition) is 3. The van der Waals surface area contributed by atoms with Crippen molar-refractivity contribution in [3.63, 3.8) is 0 Å². The molecular formula is C20H23Cl2N3O3. The van der Waals surface area contributed by atoms with Crippen molar-refractivity contribution >= 4 is 35.1 Å². The van der Waals surface area contributed by atoms with Crippen molar-refractivity contribution in [2.75, 3.05) is 6.61 Å². The average Bonchev–Trinajstić information content (AvgIpc) is 2.66. The first-order valence-corrected chi connectivity index (χ1v) is 9.48. The molecule has 0 radical (unpaired) electrons. The quantitative estimate of drug-likeness (QED) is 0.366. The third-order valence-electron chi connectivity index (χ3n) is 4.01. The molecule has 6 nitrogen and oxygen atoms in total. The lowest BCUT2D eigenvalue weighted by atomic mass is 9.96. The van der Waals surface area contributed by atoms with Crippen LogP contribution in [0, 0.1) is 6.92 Å². The summed E-state index contributed by atoms with van der Waals surface area (Å²) in [6, 6.07) is 12.0. The fraction of sp³-hybridized carbons (Fsp3) is 0.300. The molecule has 0 saturated carbocycles. The van der Waals surface area contributed by atoms with Crippen LogP contribution < -0.4 is 10.7 Å². The van der Waals surface area contributed by atoms with Crippen LogP contribution in [-0.4, -0.2) is 23.6 Å². The van der Waals surface area contributed by atoms with Gasteiger partial charge in [-0.2, -0.15) is 0 Å². The van der Waals surface area contributed by atoms with Crippen LogP contribution in [0.25, 0.3) is 0 Å². The first kappa shape index (κ1) is 22.0. The predicted octanol–water partition coefficient (Wildman–Crippen LogP) is 4.36. The number of nitrogens with one attached hydrogen (secondary N) is 2. The number of ether oxygens (including phenoxy) is 1. The molecule has 0 aliphatic heterocycles. The van der Waals surface area contributed by atoms with Gasteiger partial charge in [0.15, 0.2) is 5.60 Å². The van der Waals surface area contributed by atoms with E-state index in [-0.39, 0.29) is 12.5 Å². The summed E-state index contributed by atoms with van der Waals surface area (Å²) < 4.78 is 5.44. The van der Waals surface area contributed by atoms with Gasteiger partial charge >= 0.3 is 6.03 Å². The van der Waals surface area contributed by atoms with Gasteiger partial charge in [0.25, 0.3) is 0 Å². The van der Waals surface area contributed by atoms with Crippen molar-refractivity contribution in [3.05, 3.63) is 69.2 Å². The fourth-order valence-electron chi connectivity index (χ4n) is 2.37. The van der Waals surface area contributed by atoms with Crippen LogP contribution in [0.2, 0.25) is 10.0 Å². The molecule has 0 heterocycles. The van der Waals surface area contributed by atoms with E-state index < -0.39 is 11.6 Å². The van der Waals surface area contributed by atoms with Gasteiger partial charge in [-0.3, -0.25) is 0 Å². The molecule has 3 N–H and O–H groups in total. The maximum Gasteiger partial charge on any atom is 0.335 e. The number of amides is 2. The minimum atomic E-state index is -1.62. The second-order valence-electron chi connectivity index (χ2n) is 6.33. The topological polar surface area (TPSA) is 83.0 Å². The zero-order chi connectivity index (χ0) is 20.7. The lowest BCUT2D eigenvalue weighted by Gasteiger charge is -2.25. The number of hydrogen-bond acceptors (Lipinski definition) is 4. The van der Waals surface area contributed by atoms with E-state index in [1.165, 1.54) is 13.0 Å². The second kappa shape index (κ2) is 9.78. The smallest absolute Gasteiger partial charge is 0.335 e. The van der Waals surface area contributed by atoms with Gasteiger partial charge in [-0.05, 0) is 44.0 Å². The van der Waals surface area contributed by atoms with E-state index in [0.717, 1.165) is 11.1 Å². The maximum absolute atomic E-state index is 12.0. The Hall–Kier alpha value is -2.28. The van der Waals surface area contributed by atoms with Gasteiger partial charge in [-0.1, -0.05) is 59.1 Å². The third-order valence-corrected chi connectivity index (χ3v) is 4.75. The maximum atomic E-state index is 12.0. The Labute approximate surface area is 174 Å². The van der Waals surface area contributed by atoms with Gasteiger partial charge in [0.05, 0.1) is 16.7 Å². The largest absolute Gasteiger partial charge is 0.478 e. The van der Waals surface area contributed by atoms with E-state index >= 15 is 0 Å². The summed E-state index contributed by atoms with van der Waals surface area (Å²) >= 11 is 12.0. The molecule has 8 heteroatoms. The molecule has 0 saturated heterocycles. The molecular weight excluding hydrogens is 401 g/mol. The number of carbonyl (C=O) groups excluding carboxylic acids is 1. The normalized spacial score (nSPS) is 13.6. The molecule has 1 atom stereocenters. The molecule has 0 aromatic heterocycles. The zero-order valence-electron chi connectivity index (χ0n) is 15.9. The Kier molecular flexibility index (Phi) is 7.69. The third kappa shape index (κ3) is 5.86. The summed E-state index contributed by atoms with van der Waals surface area (Å²) in [4.78, 5) is 12.0. The van der Waals surface area contributed by atoms with Crippen LogP contribution in [0.1, 0.15) is 30.5 Å². The van der Waals surface area contributed by atoms with Gasteiger partial charge in [0.2, 0.25) is 5.90 Å². The molecule has 0 bridgehead atoms. The van der Waals surface area contributed by atoms with Gasteiger partial charge < -0.3 is 15.2 Å². The SMILES string of the molecule is CCO/C(=N/NC(=O)NCc1ccc(C)cc1)C(C)(O)c1ccc(Cl)c(Cl)c1. The molecule has 28 heavy (non-hydrogen) atoms. The number of hydrazone groups is 1. The molecule has 0 aliphatic carbocycles. The number of urea groups is 1. The van der Waals surface area contributed by atoms with Gasteiger partial charge in [0.1, 0.15) is 0 Å². The Bertz CT molecular complexity index is 852. The molecule has 0 aliphatic rings. The van der Waals surface area contributed by atoms with Crippen molar-refractivity contribution in [2.45, 2.75) is 32.9 Å². The molecule has 0 fully saturated rings. The predicted molar refractivity (Wildman–Crippen MR) is 112 cm³/mol. The Morgan fingerprint density at radius 1 is 1.18 bits per heavy atom. The average molecular weight is 424 g/mol. The van der Waals surface area contributed by atoms with Crippen molar-refractivity contribution in [1.29, 1.82) is 0 Å². The van der Waals surface area contributed by atoms with Crippen LogP contribution >= 0.6 is 23.2 Å². The molecule has 2 aromatic carbocycles. The molecule has 150 valence electrons. The number of rotatable bonds is 6. The fourth-order valence-corrected chi connectivity index (χ4v) is 2.67. The van der Waals surface area contributed by atoms with Crippen molar-refractivity contribution in [1.82, 2.24) is 10.7 Å². The van der Waals surface area contributed by atoms with Crippen LogP contribution in [0.5, 0.6) is 0 Å². The highest BCUT2D eigenvalue weighted by atomic mass is 35.5. The van der Waals surface area contributed by atoms with Crippen molar-refractivity contribution in [3.8, 4) is 0 Å². The van der Waals surface area contributed by atoms with Crippen LogP contribution in [0.15, 0.2) is 47.6 Å². The lowest BCUT2D eigenvalue weighted by molar-refractivity contribution is 0.0954. The van der Waals surface area contributed by atoms with Crippen LogP contribution in [0.4, 0.5) is 4.79 Å². The monoisotopic (exact) mass is 423 g/mol. The highest BCUT2D eigenvalue weighted by Crippen LogP contribution is 2.29. The number of halogens is 2. The van der Waals surface area contributed by atoms with E-state index in [0.29, 0.717) is 22.2 Å². The van der Waals surface area contributed by atoms with Gasteiger partial charge in [-0.25, -0.2) is 10.2 Å². The van der Waals surface area contributed by atoms with E-state index in [1.807, 2.05) is 31.2 Å². The standard InChI is InChI=1S/C20H23Cl2N3O3/c1-4-28-18(20(3,27)15-9-10-16(21)17(22)11-15)24-25-19(26)23-12-14-7-5-13(2)6-8-14/h5-11,27H,4,12H2,1-3H3,(H2,23,25,26)/b24-18+. The summed E-state index contributed by atoms with van der Waals surface area (Å²) in [6.45, 7) is 5.83. The van der Waals surface area contributed by atoms with E-state index in [4.69, 9.17) is 27.9 Å². The van der Waals surface area contributed by atoms with Crippen molar-refractivity contribution in [2.24, 2.45) is 5.10 Å². The number of carbonyl (C=O) groups is 1. The van der Waals surface area contributed by atoms with Crippen LogP contribution in [-0.2, 0) is 16.9 Å². The summed E-state index contributed by atoms with van der Waals surface area (Å²) in [6.07, 6.45) is 0.